The summed E-state index contributed by atoms with van der Waals surface area (Å²) >= 11 is 0. The summed E-state index contributed by atoms with van der Waals surface area (Å²) in [6, 6.07) is 6.16. The number of carboxylic acids is 1. The van der Waals surface area contributed by atoms with E-state index in [1.807, 2.05) is 0 Å². The normalized spacial score (nSPS) is 17.8. The molecule has 0 fully saturated rings. The Hall–Kier alpha value is -2.24. The minimum Gasteiger partial charge on any atom is -0.481 e. The Morgan fingerprint density at radius 2 is 2.15 bits per heavy atom. The molecule has 0 saturated heterocycles. The lowest BCUT2D eigenvalue weighted by Gasteiger charge is -2.17. The standard InChI is InChI=1S/C14H14FN3O2/c15-10-5-3-9(4-6-10)8-12-16-13-11(14(19)20)2-1-7-18(13)17-12/h3-6,11H,1-2,7-8H2,(H,19,20). The minimum atomic E-state index is -0.855. The van der Waals surface area contributed by atoms with Crippen LogP contribution >= 0.6 is 0 Å². The molecule has 2 aromatic rings. The molecule has 1 atom stereocenters. The molecule has 1 aromatic carbocycles. The highest BCUT2D eigenvalue weighted by Crippen LogP contribution is 2.26. The molecule has 1 unspecified atom stereocenters. The summed E-state index contributed by atoms with van der Waals surface area (Å²) in [4.78, 5) is 15.5. The van der Waals surface area contributed by atoms with E-state index in [9.17, 15) is 14.3 Å². The lowest BCUT2D eigenvalue weighted by atomic mass is 10.00. The van der Waals surface area contributed by atoms with Crippen LogP contribution in [-0.4, -0.2) is 25.8 Å². The second-order valence-electron chi connectivity index (χ2n) is 4.95. The van der Waals surface area contributed by atoms with Crippen LogP contribution in [0.15, 0.2) is 24.3 Å². The molecule has 20 heavy (non-hydrogen) atoms. The van der Waals surface area contributed by atoms with E-state index in [1.54, 1.807) is 16.8 Å². The molecule has 1 aromatic heterocycles. The van der Waals surface area contributed by atoms with Crippen LogP contribution in [0.25, 0.3) is 0 Å². The van der Waals surface area contributed by atoms with Gasteiger partial charge in [-0.2, -0.15) is 5.10 Å². The van der Waals surface area contributed by atoms with Crippen molar-refractivity contribution in [3.05, 3.63) is 47.3 Å². The molecule has 0 spiro atoms. The van der Waals surface area contributed by atoms with Gasteiger partial charge >= 0.3 is 5.97 Å². The third-order valence-electron chi connectivity index (χ3n) is 3.49. The number of hydrogen-bond donors (Lipinski definition) is 1. The number of benzene rings is 1. The van der Waals surface area contributed by atoms with Crippen molar-refractivity contribution < 1.29 is 14.3 Å². The maximum absolute atomic E-state index is 12.9. The molecule has 104 valence electrons. The molecule has 3 rings (SSSR count). The van der Waals surface area contributed by atoms with Crippen molar-refractivity contribution >= 4 is 5.97 Å². The number of aromatic nitrogens is 3. The monoisotopic (exact) mass is 275 g/mol. The van der Waals surface area contributed by atoms with Crippen molar-refractivity contribution in [3.63, 3.8) is 0 Å². The fourth-order valence-corrected chi connectivity index (χ4v) is 2.49. The highest BCUT2D eigenvalue weighted by molar-refractivity contribution is 5.75. The zero-order valence-corrected chi connectivity index (χ0v) is 10.8. The third-order valence-corrected chi connectivity index (χ3v) is 3.49. The molecule has 0 aliphatic carbocycles. The Morgan fingerprint density at radius 1 is 1.40 bits per heavy atom. The van der Waals surface area contributed by atoms with Gasteiger partial charge in [0, 0.05) is 13.0 Å². The number of nitrogens with zero attached hydrogens (tertiary/aromatic N) is 3. The van der Waals surface area contributed by atoms with Gasteiger partial charge in [-0.3, -0.25) is 4.79 Å². The predicted molar refractivity (Wildman–Crippen MR) is 68.8 cm³/mol. The van der Waals surface area contributed by atoms with Gasteiger partial charge in [0.2, 0.25) is 0 Å². The van der Waals surface area contributed by atoms with Gasteiger partial charge < -0.3 is 5.11 Å². The summed E-state index contributed by atoms with van der Waals surface area (Å²) in [5, 5.41) is 13.5. The first kappa shape index (κ1) is 12.8. The van der Waals surface area contributed by atoms with Gasteiger partial charge in [-0.25, -0.2) is 14.1 Å². The molecule has 0 radical (unpaired) electrons. The van der Waals surface area contributed by atoms with E-state index in [0.717, 1.165) is 12.0 Å². The average molecular weight is 275 g/mol. The van der Waals surface area contributed by atoms with Gasteiger partial charge in [0.15, 0.2) is 5.82 Å². The number of carboxylic acid groups (broad SMARTS) is 1. The van der Waals surface area contributed by atoms with Gasteiger partial charge in [0.05, 0.1) is 0 Å². The Morgan fingerprint density at radius 3 is 2.85 bits per heavy atom. The molecule has 0 bridgehead atoms. The summed E-state index contributed by atoms with van der Waals surface area (Å²) < 4.78 is 14.5. The Labute approximate surface area is 115 Å². The van der Waals surface area contributed by atoms with E-state index in [4.69, 9.17) is 0 Å². The first-order valence-electron chi connectivity index (χ1n) is 6.54. The van der Waals surface area contributed by atoms with Crippen LogP contribution in [0.3, 0.4) is 0 Å². The fourth-order valence-electron chi connectivity index (χ4n) is 2.49. The van der Waals surface area contributed by atoms with E-state index >= 15 is 0 Å². The van der Waals surface area contributed by atoms with Gasteiger partial charge in [-0.1, -0.05) is 12.1 Å². The van der Waals surface area contributed by atoms with Crippen molar-refractivity contribution in [1.29, 1.82) is 0 Å². The van der Waals surface area contributed by atoms with Crippen molar-refractivity contribution in [3.8, 4) is 0 Å². The lowest BCUT2D eigenvalue weighted by molar-refractivity contribution is -0.139. The molecule has 2 heterocycles. The Bertz CT molecular complexity index is 636. The molecule has 0 saturated carbocycles. The third kappa shape index (κ3) is 2.41. The molecule has 1 aliphatic rings. The summed E-state index contributed by atoms with van der Waals surface area (Å²) in [7, 11) is 0. The van der Waals surface area contributed by atoms with Crippen molar-refractivity contribution in [1.82, 2.24) is 14.8 Å². The largest absolute Gasteiger partial charge is 0.481 e. The van der Waals surface area contributed by atoms with Crippen LogP contribution < -0.4 is 0 Å². The topological polar surface area (TPSA) is 68.0 Å². The zero-order valence-electron chi connectivity index (χ0n) is 10.8. The smallest absolute Gasteiger partial charge is 0.314 e. The highest BCUT2D eigenvalue weighted by atomic mass is 19.1. The molecule has 1 aliphatic heterocycles. The highest BCUT2D eigenvalue weighted by Gasteiger charge is 2.29. The van der Waals surface area contributed by atoms with Gasteiger partial charge in [0.1, 0.15) is 17.6 Å². The fraction of sp³-hybridized carbons (Fsp3) is 0.357. The molecular formula is C14H14FN3O2. The number of halogens is 1. The first-order valence-corrected chi connectivity index (χ1v) is 6.54. The molecule has 1 N–H and O–H groups in total. The van der Waals surface area contributed by atoms with E-state index in [0.29, 0.717) is 31.0 Å². The second kappa shape index (κ2) is 5.03. The maximum Gasteiger partial charge on any atom is 0.314 e. The van der Waals surface area contributed by atoms with Crippen LogP contribution in [-0.2, 0) is 17.8 Å². The summed E-state index contributed by atoms with van der Waals surface area (Å²) in [6.07, 6.45) is 1.87. The summed E-state index contributed by atoms with van der Waals surface area (Å²) in [6.45, 7) is 0.704. The van der Waals surface area contributed by atoms with Gasteiger partial charge in [0.25, 0.3) is 0 Å². The van der Waals surface area contributed by atoms with Crippen molar-refractivity contribution in [2.24, 2.45) is 0 Å². The number of hydrogen-bond acceptors (Lipinski definition) is 3. The van der Waals surface area contributed by atoms with E-state index in [1.165, 1.54) is 12.1 Å². The van der Waals surface area contributed by atoms with Crippen molar-refractivity contribution in [2.45, 2.75) is 31.7 Å². The maximum atomic E-state index is 12.9. The van der Waals surface area contributed by atoms with Crippen molar-refractivity contribution in [2.75, 3.05) is 0 Å². The molecule has 0 amide bonds. The number of aryl methyl sites for hydroxylation is 1. The Balaban J connectivity index is 1.85. The number of carbonyl (C=O) groups is 1. The summed E-state index contributed by atoms with van der Waals surface area (Å²) in [5.74, 6) is -0.595. The van der Waals surface area contributed by atoms with E-state index < -0.39 is 11.9 Å². The molecule has 5 nitrogen and oxygen atoms in total. The molecular weight excluding hydrogens is 261 g/mol. The first-order chi connectivity index (χ1) is 9.63. The minimum absolute atomic E-state index is 0.281. The van der Waals surface area contributed by atoms with Crippen LogP contribution in [0.5, 0.6) is 0 Å². The summed E-state index contributed by atoms with van der Waals surface area (Å²) in [5.41, 5.74) is 0.904. The van der Waals surface area contributed by atoms with E-state index in [-0.39, 0.29) is 5.82 Å². The van der Waals surface area contributed by atoms with Crippen LogP contribution in [0.4, 0.5) is 4.39 Å². The molecule has 6 heteroatoms. The quantitative estimate of drug-likeness (QED) is 0.930. The second-order valence-corrected chi connectivity index (χ2v) is 4.95. The van der Waals surface area contributed by atoms with Crippen LogP contribution in [0.1, 0.15) is 36.0 Å². The Kier molecular flexibility index (Phi) is 3.22. The van der Waals surface area contributed by atoms with Gasteiger partial charge in [-0.05, 0) is 30.5 Å². The number of fused-ring (bicyclic) bond motifs is 1. The number of rotatable bonds is 3. The SMILES string of the molecule is O=C(O)C1CCCn2nc(Cc3ccc(F)cc3)nc21. The van der Waals surface area contributed by atoms with Gasteiger partial charge in [-0.15, -0.1) is 0 Å². The van der Waals surface area contributed by atoms with Crippen LogP contribution in [0.2, 0.25) is 0 Å². The average Bonchev–Trinajstić information content (AvgIpc) is 2.83. The van der Waals surface area contributed by atoms with E-state index in [2.05, 4.69) is 10.1 Å². The lowest BCUT2D eigenvalue weighted by Crippen LogP contribution is -2.22. The van der Waals surface area contributed by atoms with Crippen LogP contribution in [0, 0.1) is 5.82 Å². The zero-order chi connectivity index (χ0) is 14.1. The predicted octanol–water partition coefficient (Wildman–Crippen LogP) is 1.97. The number of aliphatic carboxylic acids is 1.